The second-order valence-electron chi connectivity index (χ2n) is 12.4. The highest BCUT2D eigenvalue weighted by Gasteiger charge is 2.42. The Kier molecular flexibility index (Phi) is 14.0. The van der Waals surface area contributed by atoms with Gasteiger partial charge in [-0.3, -0.25) is 24.5 Å². The second kappa shape index (κ2) is 17.0. The minimum Gasteiger partial charge on any atom is -0.451 e. The highest BCUT2D eigenvalue weighted by Crippen LogP contribution is 2.23. The van der Waals surface area contributed by atoms with E-state index in [1.165, 1.54) is 66.2 Å². The van der Waals surface area contributed by atoms with Gasteiger partial charge in [0.05, 0.1) is 4.92 Å². The minimum absolute atomic E-state index is 0.182. The molecule has 0 unspecified atom stereocenters. The number of non-ortho nitro benzene ring substituents is 1. The Labute approximate surface area is 281 Å². The van der Waals surface area contributed by atoms with E-state index in [0.717, 1.165) is 14.7 Å². The maximum atomic E-state index is 14.2. The molecule has 1 fully saturated rings. The molecule has 1 aromatic rings. The summed E-state index contributed by atoms with van der Waals surface area (Å²) in [7, 11) is 4.04. The van der Waals surface area contributed by atoms with Gasteiger partial charge in [0, 0.05) is 39.7 Å². The van der Waals surface area contributed by atoms with Gasteiger partial charge < -0.3 is 28.9 Å². The molecule has 0 saturated carbocycles. The molecule has 0 aliphatic carbocycles. The van der Waals surface area contributed by atoms with Crippen LogP contribution in [0.4, 0.5) is 5.69 Å². The Morgan fingerprint density at radius 2 is 1.10 bits per heavy atom. The van der Waals surface area contributed by atoms with Crippen molar-refractivity contribution >= 4 is 41.3 Å². The van der Waals surface area contributed by atoms with E-state index in [0.29, 0.717) is 18.4 Å². The number of amides is 3. The molecule has 1 aromatic carbocycles. The third-order valence-electron chi connectivity index (χ3n) is 9.03. The van der Waals surface area contributed by atoms with Crippen LogP contribution in [0.1, 0.15) is 66.9 Å². The highest BCUT2D eigenvalue weighted by molar-refractivity contribution is 5.93. The van der Waals surface area contributed by atoms with Gasteiger partial charge in [-0.2, -0.15) is 0 Å². The lowest BCUT2D eigenvalue weighted by Crippen LogP contribution is -2.56. The third kappa shape index (κ3) is 9.28. The predicted octanol–water partition coefficient (Wildman–Crippen LogP) is 2.52. The Balaban J connectivity index is 2.71. The number of hydrogen-bond acceptors (Lipinski definition) is 11. The summed E-state index contributed by atoms with van der Waals surface area (Å²) in [5.41, 5.74) is 0.241. The Hall–Kier alpha value is -4.56. The quantitative estimate of drug-likeness (QED) is 0.179. The van der Waals surface area contributed by atoms with Crippen LogP contribution >= 0.6 is 0 Å². The zero-order valence-corrected chi connectivity index (χ0v) is 29.3. The van der Waals surface area contributed by atoms with Crippen molar-refractivity contribution in [3.05, 3.63) is 39.9 Å². The number of ether oxygens (including phenoxy) is 3. The molecular formula is C33H48N4O11. The number of benzene rings is 1. The number of carbonyl (C=O) groups excluding carboxylic acids is 6. The summed E-state index contributed by atoms with van der Waals surface area (Å²) in [6.07, 6.45) is -3.61. The zero-order valence-electron chi connectivity index (χ0n) is 29.3. The number of esters is 3. The number of carbonyl (C=O) groups is 6. The van der Waals surface area contributed by atoms with Gasteiger partial charge in [0.25, 0.3) is 23.4 Å². The van der Waals surface area contributed by atoms with E-state index in [1.807, 2.05) is 0 Å². The molecule has 2 rings (SSSR count). The van der Waals surface area contributed by atoms with Crippen molar-refractivity contribution in [3.8, 4) is 0 Å². The second-order valence-corrected chi connectivity index (χ2v) is 12.4. The molecule has 0 bridgehead atoms. The Bertz CT molecular complexity index is 1360. The zero-order chi connectivity index (χ0) is 36.6. The van der Waals surface area contributed by atoms with Crippen LogP contribution in [0.25, 0.3) is 0 Å². The lowest BCUT2D eigenvalue weighted by molar-refractivity contribution is -0.384. The standard InChI is InChI=1S/C33H48N4O11/c1-11-18(3)26-32(42)47-21(6)28(38)34(8)20(5)31(41)46-22(7)29(39)35(9)27(19(4)12-2)33(43)48-25(30(40)36(26)10)17-23-13-15-24(16-14-23)37(44)45/h13-16,18-22,25-27H,11-12,17H2,1-10H3/t18-,19-,20+,21-,22-,25-,26+,27+/m1/s1. The fourth-order valence-electron chi connectivity index (χ4n) is 5.39. The molecule has 1 aliphatic heterocycles. The van der Waals surface area contributed by atoms with E-state index < -0.39 is 88.8 Å². The number of cyclic esters (lactones) is 3. The minimum atomic E-state index is -1.53. The molecule has 48 heavy (non-hydrogen) atoms. The van der Waals surface area contributed by atoms with Crippen LogP contribution in [0.3, 0.4) is 0 Å². The predicted molar refractivity (Wildman–Crippen MR) is 172 cm³/mol. The van der Waals surface area contributed by atoms with Gasteiger partial charge in [-0.25, -0.2) is 14.4 Å². The SMILES string of the molecule is CC[C@@H](C)[C@H]1C(=O)O[C@H](Cc2ccc([N+](=O)[O-])cc2)C(=O)N(C)[C@@H]([C@H](C)CC)C(=O)O[C@H](C)C(=O)N(C)[C@@H](C)C(=O)O[C@H](C)C(=O)N1C. The Morgan fingerprint density at radius 3 is 1.56 bits per heavy atom. The average molecular weight is 677 g/mol. The molecule has 15 nitrogen and oxygen atoms in total. The van der Waals surface area contributed by atoms with Gasteiger partial charge in [0.15, 0.2) is 18.3 Å². The van der Waals surface area contributed by atoms with Gasteiger partial charge in [0.2, 0.25) is 0 Å². The van der Waals surface area contributed by atoms with Crippen LogP contribution in [-0.4, -0.2) is 113 Å². The van der Waals surface area contributed by atoms with E-state index in [2.05, 4.69) is 0 Å². The van der Waals surface area contributed by atoms with Gasteiger partial charge in [-0.1, -0.05) is 52.7 Å². The average Bonchev–Trinajstić information content (AvgIpc) is 3.05. The molecule has 0 radical (unpaired) electrons. The molecule has 266 valence electrons. The van der Waals surface area contributed by atoms with Crippen molar-refractivity contribution in [1.82, 2.24) is 14.7 Å². The molecule has 8 atom stereocenters. The van der Waals surface area contributed by atoms with E-state index in [-0.39, 0.29) is 12.1 Å². The molecule has 1 aliphatic rings. The number of likely N-dealkylation sites (N-methyl/N-ethyl adjacent to an activating group) is 3. The number of nitrogens with zero attached hydrogens (tertiary/aromatic N) is 4. The third-order valence-corrected chi connectivity index (χ3v) is 9.03. The number of nitro benzene ring substituents is 1. The summed E-state index contributed by atoms with van der Waals surface area (Å²) in [5, 5.41) is 11.2. The van der Waals surface area contributed by atoms with Crippen molar-refractivity contribution in [2.75, 3.05) is 21.1 Å². The molecule has 1 saturated heterocycles. The fourth-order valence-corrected chi connectivity index (χ4v) is 5.39. The number of rotatable bonds is 7. The van der Waals surface area contributed by atoms with Crippen molar-refractivity contribution in [2.45, 2.75) is 104 Å². The van der Waals surface area contributed by atoms with Gasteiger partial charge >= 0.3 is 17.9 Å². The molecule has 15 heteroatoms. The van der Waals surface area contributed by atoms with Crippen molar-refractivity contribution < 1.29 is 47.9 Å². The first-order valence-corrected chi connectivity index (χ1v) is 16.0. The summed E-state index contributed by atoms with van der Waals surface area (Å²) in [6, 6.07) is 1.76. The molecular weight excluding hydrogens is 628 g/mol. The summed E-state index contributed by atoms with van der Waals surface area (Å²) in [6.45, 7) is 11.1. The van der Waals surface area contributed by atoms with Crippen LogP contribution in [0, 0.1) is 22.0 Å². The van der Waals surface area contributed by atoms with Crippen LogP contribution in [0.15, 0.2) is 24.3 Å². The molecule has 1 heterocycles. The van der Waals surface area contributed by atoms with Crippen molar-refractivity contribution in [3.63, 3.8) is 0 Å². The number of nitro groups is 1. The van der Waals surface area contributed by atoms with Gasteiger partial charge in [0.1, 0.15) is 18.1 Å². The lowest BCUT2D eigenvalue weighted by Gasteiger charge is -2.36. The van der Waals surface area contributed by atoms with E-state index in [9.17, 15) is 38.9 Å². The molecule has 0 spiro atoms. The van der Waals surface area contributed by atoms with Crippen molar-refractivity contribution in [1.29, 1.82) is 0 Å². The largest absolute Gasteiger partial charge is 0.451 e. The van der Waals surface area contributed by atoms with Crippen LogP contribution in [0.2, 0.25) is 0 Å². The van der Waals surface area contributed by atoms with E-state index in [1.54, 1.807) is 27.7 Å². The van der Waals surface area contributed by atoms with E-state index in [4.69, 9.17) is 14.2 Å². The summed E-state index contributed by atoms with van der Waals surface area (Å²) >= 11 is 0. The molecule has 0 N–H and O–H groups in total. The Morgan fingerprint density at radius 1 is 0.688 bits per heavy atom. The van der Waals surface area contributed by atoms with Crippen molar-refractivity contribution in [2.24, 2.45) is 11.8 Å². The van der Waals surface area contributed by atoms with Gasteiger partial charge in [-0.05, 0) is 38.2 Å². The molecule has 0 aromatic heterocycles. The lowest BCUT2D eigenvalue weighted by atomic mass is 9.96. The van der Waals surface area contributed by atoms with Crippen LogP contribution in [0.5, 0.6) is 0 Å². The monoisotopic (exact) mass is 676 g/mol. The van der Waals surface area contributed by atoms with Crippen LogP contribution in [-0.2, 0) is 49.4 Å². The smallest absolute Gasteiger partial charge is 0.329 e. The first-order valence-electron chi connectivity index (χ1n) is 16.0. The maximum Gasteiger partial charge on any atom is 0.329 e. The van der Waals surface area contributed by atoms with Gasteiger partial charge in [-0.15, -0.1) is 0 Å². The first kappa shape index (κ1) is 39.6. The topological polar surface area (TPSA) is 183 Å². The highest BCUT2D eigenvalue weighted by atomic mass is 16.6. The summed E-state index contributed by atoms with van der Waals surface area (Å²) in [4.78, 5) is 95.3. The fraction of sp³-hybridized carbons (Fsp3) is 0.636. The summed E-state index contributed by atoms with van der Waals surface area (Å²) in [5.74, 6) is -5.85. The normalized spacial score (nSPS) is 27.0. The van der Waals surface area contributed by atoms with E-state index >= 15 is 0 Å². The molecule has 3 amide bonds. The number of hydrogen-bond donors (Lipinski definition) is 0. The van der Waals surface area contributed by atoms with Crippen LogP contribution < -0.4 is 0 Å². The summed E-state index contributed by atoms with van der Waals surface area (Å²) < 4.78 is 16.8. The maximum absolute atomic E-state index is 14.2. The first-order chi connectivity index (χ1) is 22.4.